The number of carbonyl (C=O) groups is 1. The lowest BCUT2D eigenvalue weighted by Crippen LogP contribution is -2.37. The first kappa shape index (κ1) is 19.8. The first-order chi connectivity index (χ1) is 13.2. The molecule has 0 bridgehead atoms. The number of oxazole rings is 1. The number of hydrogen-bond acceptors (Lipinski definition) is 7. The number of thiazole rings is 1. The largest absolute Gasteiger partial charge is 0.441 e. The highest BCUT2D eigenvalue weighted by Gasteiger charge is 2.19. The van der Waals surface area contributed by atoms with E-state index in [2.05, 4.69) is 41.0 Å². The monoisotopic (exact) mass is 400 g/mol. The van der Waals surface area contributed by atoms with Crippen molar-refractivity contribution in [3.8, 4) is 0 Å². The van der Waals surface area contributed by atoms with E-state index in [1.54, 1.807) is 31.0 Å². The molecule has 0 unspecified atom stereocenters. The van der Waals surface area contributed by atoms with Crippen LogP contribution in [-0.4, -0.2) is 31.5 Å². The number of carbonyl (C=O) groups excluding carboxylic acids is 1. The molecule has 3 aromatic rings. The molecule has 0 saturated heterocycles. The summed E-state index contributed by atoms with van der Waals surface area (Å²) in [6, 6.07) is -0.570. The van der Waals surface area contributed by atoms with E-state index < -0.39 is 11.9 Å². The predicted octanol–water partition coefficient (Wildman–Crippen LogP) is 2.84. The number of nitrogens with two attached hydrogens (primary N) is 1. The lowest BCUT2D eigenvalue weighted by Gasteiger charge is -2.14. The summed E-state index contributed by atoms with van der Waals surface area (Å²) in [5.74, 6) is 0.931. The third kappa shape index (κ3) is 4.86. The van der Waals surface area contributed by atoms with Crippen molar-refractivity contribution in [3.05, 3.63) is 47.1 Å². The second-order valence-corrected chi connectivity index (χ2v) is 8.58. The lowest BCUT2D eigenvalue weighted by molar-refractivity contribution is -0.118. The van der Waals surface area contributed by atoms with Crippen molar-refractivity contribution in [2.45, 2.75) is 38.6 Å². The van der Waals surface area contributed by atoms with E-state index in [9.17, 15) is 4.79 Å². The van der Waals surface area contributed by atoms with E-state index in [-0.39, 0.29) is 5.41 Å². The Labute approximate surface area is 167 Å². The fourth-order valence-corrected chi connectivity index (χ4v) is 3.23. The highest BCUT2D eigenvalue weighted by Crippen LogP contribution is 2.25. The molecule has 0 aliphatic heterocycles. The van der Waals surface area contributed by atoms with Gasteiger partial charge in [0.1, 0.15) is 11.8 Å². The van der Waals surface area contributed by atoms with Crippen molar-refractivity contribution in [2.75, 3.05) is 5.32 Å². The van der Waals surface area contributed by atoms with Gasteiger partial charge in [-0.3, -0.25) is 4.79 Å². The van der Waals surface area contributed by atoms with Crippen molar-refractivity contribution in [1.82, 2.24) is 19.5 Å². The number of primary amides is 1. The van der Waals surface area contributed by atoms with Gasteiger partial charge in [-0.05, 0) is 6.08 Å². The van der Waals surface area contributed by atoms with Gasteiger partial charge in [-0.25, -0.2) is 15.0 Å². The molecule has 0 saturated carbocycles. The topological polar surface area (TPSA) is 112 Å². The number of nitrogens with one attached hydrogen (secondary N) is 1. The molecule has 3 rings (SSSR count). The van der Waals surface area contributed by atoms with Gasteiger partial charge in [-0.1, -0.05) is 32.1 Å². The smallest absolute Gasteiger partial charge is 0.240 e. The molecule has 3 aromatic heterocycles. The average molecular weight is 401 g/mol. The van der Waals surface area contributed by atoms with E-state index in [4.69, 9.17) is 10.2 Å². The summed E-state index contributed by atoms with van der Waals surface area (Å²) in [6.45, 7) is 6.22. The zero-order valence-corrected chi connectivity index (χ0v) is 17.2. The van der Waals surface area contributed by atoms with Gasteiger partial charge in [0.2, 0.25) is 11.8 Å². The number of amides is 1. The molecule has 0 spiro atoms. The predicted molar refractivity (Wildman–Crippen MR) is 110 cm³/mol. The van der Waals surface area contributed by atoms with Gasteiger partial charge in [-0.2, -0.15) is 0 Å². The minimum absolute atomic E-state index is 0.0850. The minimum atomic E-state index is -0.570. The van der Waals surface area contributed by atoms with E-state index in [1.807, 2.05) is 17.7 Å². The van der Waals surface area contributed by atoms with Crippen molar-refractivity contribution < 1.29 is 9.21 Å². The fourth-order valence-electron chi connectivity index (χ4n) is 2.46. The lowest BCUT2D eigenvalue weighted by atomic mass is 9.94. The zero-order chi connectivity index (χ0) is 20.3. The highest BCUT2D eigenvalue weighted by molar-refractivity contribution is 7.16. The van der Waals surface area contributed by atoms with E-state index in [1.165, 1.54) is 11.3 Å². The molecule has 0 aromatic carbocycles. The Kier molecular flexibility index (Phi) is 5.64. The zero-order valence-electron chi connectivity index (χ0n) is 16.3. The number of nitrogens with zero attached hydrogens (tertiary/aromatic N) is 4. The van der Waals surface area contributed by atoms with Crippen LogP contribution in [0.4, 0.5) is 5.13 Å². The molecule has 3 N–H and O–H groups in total. The molecule has 3 heterocycles. The number of aryl methyl sites for hydroxylation is 1. The van der Waals surface area contributed by atoms with Crippen LogP contribution in [0.2, 0.25) is 0 Å². The second kappa shape index (κ2) is 7.97. The van der Waals surface area contributed by atoms with Crippen LogP contribution in [0.5, 0.6) is 0 Å². The van der Waals surface area contributed by atoms with Crippen LogP contribution in [-0.2, 0) is 23.7 Å². The number of hydrogen-bond donors (Lipinski definition) is 2. The maximum atomic E-state index is 11.8. The molecule has 8 nitrogen and oxygen atoms in total. The molecule has 0 aliphatic rings. The van der Waals surface area contributed by atoms with Gasteiger partial charge >= 0.3 is 0 Å². The quantitative estimate of drug-likeness (QED) is 0.631. The first-order valence-electron chi connectivity index (χ1n) is 8.83. The molecular weight excluding hydrogens is 376 g/mol. The van der Waals surface area contributed by atoms with Gasteiger partial charge in [0.25, 0.3) is 0 Å². The Morgan fingerprint density at radius 3 is 2.71 bits per heavy atom. The number of aromatic nitrogens is 4. The van der Waals surface area contributed by atoms with Crippen LogP contribution in [0.1, 0.15) is 43.0 Å². The van der Waals surface area contributed by atoms with Crippen molar-refractivity contribution in [2.24, 2.45) is 12.8 Å². The molecule has 0 radical (unpaired) electrons. The molecule has 28 heavy (non-hydrogen) atoms. The maximum Gasteiger partial charge on any atom is 0.240 e. The van der Waals surface area contributed by atoms with Crippen LogP contribution >= 0.6 is 11.3 Å². The molecule has 1 atom stereocenters. The Balaban J connectivity index is 1.66. The van der Waals surface area contributed by atoms with Crippen molar-refractivity contribution in [3.63, 3.8) is 0 Å². The summed E-state index contributed by atoms with van der Waals surface area (Å²) < 4.78 is 7.60. The molecule has 0 fully saturated rings. The summed E-state index contributed by atoms with van der Waals surface area (Å²) in [5, 5.41) is 3.72. The Bertz CT molecular complexity index is 979. The summed E-state index contributed by atoms with van der Waals surface area (Å²) in [6.07, 6.45) is 11.0. The molecule has 148 valence electrons. The summed E-state index contributed by atoms with van der Waals surface area (Å²) in [5.41, 5.74) is 6.36. The van der Waals surface area contributed by atoms with Crippen molar-refractivity contribution >= 4 is 34.5 Å². The molecule has 9 heteroatoms. The van der Waals surface area contributed by atoms with Gasteiger partial charge in [-0.15, -0.1) is 0 Å². The van der Waals surface area contributed by atoms with E-state index in [0.717, 1.165) is 16.3 Å². The van der Waals surface area contributed by atoms with Gasteiger partial charge in [0, 0.05) is 47.9 Å². The third-order valence-electron chi connectivity index (χ3n) is 4.15. The Morgan fingerprint density at radius 1 is 1.32 bits per heavy atom. The highest BCUT2D eigenvalue weighted by atomic mass is 32.1. The third-order valence-corrected chi connectivity index (χ3v) is 5.04. The summed E-state index contributed by atoms with van der Waals surface area (Å²) in [4.78, 5) is 25.4. The average Bonchev–Trinajstić information content (AvgIpc) is 3.33. The SMILES string of the molecule is Cn1cncc1C[C@H](Nc1ncc(/C=C/c2ncc(C(C)(C)C)o2)s1)C(N)=O. The number of imidazole rings is 1. The van der Waals surface area contributed by atoms with E-state index in [0.29, 0.717) is 17.4 Å². The van der Waals surface area contributed by atoms with Gasteiger partial charge in [0.15, 0.2) is 5.13 Å². The van der Waals surface area contributed by atoms with Crippen LogP contribution in [0.3, 0.4) is 0 Å². The van der Waals surface area contributed by atoms with E-state index >= 15 is 0 Å². The molecule has 0 aliphatic carbocycles. The summed E-state index contributed by atoms with van der Waals surface area (Å²) in [7, 11) is 1.88. The van der Waals surface area contributed by atoms with Gasteiger partial charge < -0.3 is 20.0 Å². The maximum absolute atomic E-state index is 11.8. The van der Waals surface area contributed by atoms with Crippen LogP contribution in [0.15, 0.2) is 29.3 Å². The van der Waals surface area contributed by atoms with Gasteiger partial charge in [0.05, 0.1) is 12.5 Å². The second-order valence-electron chi connectivity index (χ2n) is 7.51. The standard InChI is InChI=1S/C19H24N6O2S/c1-19(2,3)15-10-22-16(27-15)6-5-13-9-23-18(28-13)24-14(17(20)26)7-12-8-21-11-25(12)4/h5-6,8-11,14H,7H2,1-4H3,(H2,20,26)(H,23,24)/b6-5+/t14-/m0/s1. The van der Waals surface area contributed by atoms with Crippen LogP contribution in [0, 0.1) is 0 Å². The Morgan fingerprint density at radius 2 is 2.11 bits per heavy atom. The number of anilines is 1. The van der Waals surface area contributed by atoms with Crippen LogP contribution < -0.4 is 11.1 Å². The first-order valence-corrected chi connectivity index (χ1v) is 9.65. The summed E-state index contributed by atoms with van der Waals surface area (Å²) >= 11 is 1.42. The van der Waals surface area contributed by atoms with Crippen molar-refractivity contribution in [1.29, 1.82) is 0 Å². The number of rotatable bonds is 7. The van der Waals surface area contributed by atoms with Crippen LogP contribution in [0.25, 0.3) is 12.2 Å². The minimum Gasteiger partial charge on any atom is -0.441 e. The molecular formula is C19H24N6O2S. The normalized spacial score (nSPS) is 13.1. The Hall–Kier alpha value is -2.94. The fraction of sp³-hybridized carbons (Fsp3) is 0.368. The molecule has 1 amide bonds.